The summed E-state index contributed by atoms with van der Waals surface area (Å²) >= 11 is 0. The SMILES string of the molecule is O=C(O)c1c(F)c(F)c(F)c(F)c1F.[Na]. The maximum absolute atomic E-state index is 12.6. The van der Waals surface area contributed by atoms with Crippen LogP contribution in [0, 0.1) is 29.1 Å². The van der Waals surface area contributed by atoms with Crippen LogP contribution in [0.5, 0.6) is 0 Å². The molecule has 0 saturated heterocycles. The smallest absolute Gasteiger partial charge is 0.341 e. The normalized spacial score (nSPS) is 9.67. The molecule has 1 N–H and O–H groups in total. The van der Waals surface area contributed by atoms with Crippen molar-refractivity contribution in [1.29, 1.82) is 0 Å². The first-order valence-corrected chi connectivity index (χ1v) is 3.12. The van der Waals surface area contributed by atoms with E-state index in [-0.39, 0.29) is 29.6 Å². The number of benzene rings is 1. The van der Waals surface area contributed by atoms with E-state index in [2.05, 4.69) is 0 Å². The first-order chi connectivity index (χ1) is 6.37. The fourth-order valence-corrected chi connectivity index (χ4v) is 0.793. The zero-order valence-corrected chi connectivity index (χ0v) is 9.25. The van der Waals surface area contributed by atoms with Crippen LogP contribution in [-0.4, -0.2) is 40.6 Å². The van der Waals surface area contributed by atoms with Gasteiger partial charge < -0.3 is 5.11 Å². The molecular weight excluding hydrogens is 234 g/mol. The molecule has 8 heteroatoms. The first kappa shape index (κ1) is 14.3. The number of rotatable bonds is 1. The van der Waals surface area contributed by atoms with Gasteiger partial charge in [-0.15, -0.1) is 0 Å². The molecule has 0 saturated carbocycles. The van der Waals surface area contributed by atoms with Crippen molar-refractivity contribution in [1.82, 2.24) is 0 Å². The van der Waals surface area contributed by atoms with Gasteiger partial charge in [0.15, 0.2) is 23.3 Å². The van der Waals surface area contributed by atoms with E-state index < -0.39 is 40.6 Å². The third-order valence-electron chi connectivity index (χ3n) is 1.42. The Hall–Kier alpha value is -0.660. The zero-order valence-electron chi connectivity index (χ0n) is 7.25. The topological polar surface area (TPSA) is 37.3 Å². The Morgan fingerprint density at radius 3 is 1.33 bits per heavy atom. The van der Waals surface area contributed by atoms with E-state index in [4.69, 9.17) is 5.11 Å². The van der Waals surface area contributed by atoms with Crippen molar-refractivity contribution in [2.75, 3.05) is 0 Å². The number of carbonyl (C=O) groups is 1. The second-order valence-corrected chi connectivity index (χ2v) is 2.25. The minimum Gasteiger partial charge on any atom is -0.477 e. The molecule has 0 aliphatic heterocycles. The fraction of sp³-hybridized carbons (Fsp3) is 0. The van der Waals surface area contributed by atoms with Crippen molar-refractivity contribution in [2.24, 2.45) is 0 Å². The van der Waals surface area contributed by atoms with Gasteiger partial charge in [-0.3, -0.25) is 0 Å². The van der Waals surface area contributed by atoms with E-state index >= 15 is 0 Å². The first-order valence-electron chi connectivity index (χ1n) is 3.12. The summed E-state index contributed by atoms with van der Waals surface area (Å²) in [5.41, 5.74) is -1.86. The minimum absolute atomic E-state index is 0. The van der Waals surface area contributed by atoms with Crippen LogP contribution in [0.1, 0.15) is 10.4 Å². The molecule has 0 atom stereocenters. The average Bonchev–Trinajstić information content (AvgIpc) is 2.11. The summed E-state index contributed by atoms with van der Waals surface area (Å²) in [6.07, 6.45) is 0. The largest absolute Gasteiger partial charge is 0.477 e. The summed E-state index contributed by atoms with van der Waals surface area (Å²) in [6.45, 7) is 0. The van der Waals surface area contributed by atoms with Gasteiger partial charge in [-0.1, -0.05) is 0 Å². The van der Waals surface area contributed by atoms with Crippen LogP contribution >= 0.6 is 0 Å². The van der Waals surface area contributed by atoms with Gasteiger partial charge >= 0.3 is 5.97 Å². The van der Waals surface area contributed by atoms with E-state index in [9.17, 15) is 26.7 Å². The summed E-state index contributed by atoms with van der Waals surface area (Å²) < 4.78 is 62.1. The van der Waals surface area contributed by atoms with Crippen LogP contribution in [0.15, 0.2) is 0 Å². The second kappa shape index (κ2) is 4.91. The number of aromatic carboxylic acids is 1. The van der Waals surface area contributed by atoms with Crippen LogP contribution in [0.3, 0.4) is 0 Å². The van der Waals surface area contributed by atoms with Gasteiger partial charge in [0, 0.05) is 29.6 Å². The Bertz CT molecular complexity index is 391. The maximum atomic E-state index is 12.6. The van der Waals surface area contributed by atoms with Gasteiger partial charge in [-0.25, -0.2) is 26.7 Å². The molecule has 0 amide bonds. The summed E-state index contributed by atoms with van der Waals surface area (Å²) in [5, 5.41) is 8.15. The van der Waals surface area contributed by atoms with Gasteiger partial charge in [0.1, 0.15) is 5.56 Å². The molecule has 15 heavy (non-hydrogen) atoms. The van der Waals surface area contributed by atoms with Gasteiger partial charge in [-0.05, 0) is 0 Å². The van der Waals surface area contributed by atoms with Crippen LogP contribution in [-0.2, 0) is 0 Å². The Morgan fingerprint density at radius 1 is 0.800 bits per heavy atom. The Balaban J connectivity index is 0.00000196. The van der Waals surface area contributed by atoms with E-state index in [1.807, 2.05) is 0 Å². The minimum atomic E-state index is -2.38. The number of carboxylic acid groups (broad SMARTS) is 1. The molecule has 2 nitrogen and oxygen atoms in total. The Labute approximate surface area is 102 Å². The summed E-state index contributed by atoms with van der Waals surface area (Å²) in [7, 11) is 0. The average molecular weight is 235 g/mol. The van der Waals surface area contributed by atoms with Gasteiger partial charge in [0.25, 0.3) is 0 Å². The van der Waals surface area contributed by atoms with Crippen molar-refractivity contribution >= 4 is 35.5 Å². The second-order valence-electron chi connectivity index (χ2n) is 2.25. The van der Waals surface area contributed by atoms with Crippen LogP contribution in [0.2, 0.25) is 0 Å². The molecule has 0 aliphatic rings. The van der Waals surface area contributed by atoms with E-state index in [1.165, 1.54) is 0 Å². The summed E-state index contributed by atoms with van der Waals surface area (Å²) in [4.78, 5) is 10.1. The third kappa shape index (κ3) is 2.30. The van der Waals surface area contributed by atoms with Gasteiger partial charge in [-0.2, -0.15) is 0 Å². The molecule has 1 radical (unpaired) electrons. The van der Waals surface area contributed by atoms with Crippen molar-refractivity contribution < 1.29 is 31.9 Å². The van der Waals surface area contributed by atoms with E-state index in [0.29, 0.717) is 0 Å². The number of carboxylic acids is 1. The van der Waals surface area contributed by atoms with Crippen LogP contribution in [0.4, 0.5) is 22.0 Å². The standard InChI is InChI=1S/C7HF5O2.Na/c8-2-1(7(13)14)3(9)5(11)6(12)4(2)10;/h(H,13,14);. The van der Waals surface area contributed by atoms with Gasteiger partial charge in [0.05, 0.1) is 0 Å². The maximum Gasteiger partial charge on any atom is 0.341 e. The molecule has 77 valence electrons. The number of hydrogen-bond acceptors (Lipinski definition) is 1. The molecule has 1 rings (SSSR count). The van der Waals surface area contributed by atoms with Crippen molar-refractivity contribution in [2.45, 2.75) is 0 Å². The molecule has 1 aromatic carbocycles. The summed E-state index contributed by atoms with van der Waals surface area (Å²) in [5.74, 6) is -13.9. The van der Waals surface area contributed by atoms with Crippen molar-refractivity contribution in [3.05, 3.63) is 34.6 Å². The zero-order chi connectivity index (χ0) is 11.0. The molecular formula is C7HF5NaO2. The molecule has 0 aliphatic carbocycles. The predicted molar refractivity (Wildman–Crippen MR) is 38.9 cm³/mol. The van der Waals surface area contributed by atoms with E-state index in [0.717, 1.165) is 0 Å². The molecule has 0 fully saturated rings. The van der Waals surface area contributed by atoms with E-state index in [1.54, 1.807) is 0 Å². The van der Waals surface area contributed by atoms with Crippen LogP contribution in [0.25, 0.3) is 0 Å². The molecule has 1 aromatic rings. The third-order valence-corrected chi connectivity index (χ3v) is 1.42. The molecule has 0 spiro atoms. The Morgan fingerprint density at radius 2 is 1.07 bits per heavy atom. The van der Waals surface area contributed by atoms with Crippen LogP contribution < -0.4 is 0 Å². The number of hydrogen-bond donors (Lipinski definition) is 1. The molecule has 0 bridgehead atoms. The van der Waals surface area contributed by atoms with Crippen molar-refractivity contribution in [3.8, 4) is 0 Å². The Kier molecular flexibility index (Phi) is 4.69. The molecule has 0 aromatic heterocycles. The monoisotopic (exact) mass is 235 g/mol. The predicted octanol–water partition coefficient (Wildman–Crippen LogP) is 1.70. The number of halogens is 5. The molecule has 0 unspecified atom stereocenters. The van der Waals surface area contributed by atoms with Gasteiger partial charge in [0.2, 0.25) is 5.82 Å². The van der Waals surface area contributed by atoms with Crippen molar-refractivity contribution in [3.63, 3.8) is 0 Å². The molecule has 0 heterocycles. The fourth-order valence-electron chi connectivity index (χ4n) is 0.793. The quantitative estimate of drug-likeness (QED) is 0.348. The summed E-state index contributed by atoms with van der Waals surface area (Å²) in [6, 6.07) is 0.